The van der Waals surface area contributed by atoms with Gasteiger partial charge in [-0.15, -0.1) is 0 Å². The normalized spacial score (nSPS) is 32.1. The van der Waals surface area contributed by atoms with E-state index in [-0.39, 0.29) is 5.82 Å². The maximum atomic E-state index is 12.2. The maximum Gasteiger partial charge on any atom is 0.490 e. The van der Waals surface area contributed by atoms with Crippen molar-refractivity contribution in [3.8, 4) is 6.07 Å². The fourth-order valence-corrected chi connectivity index (χ4v) is 5.74. The molecule has 6 atom stereocenters. The summed E-state index contributed by atoms with van der Waals surface area (Å²) < 4.78 is 51.0. The van der Waals surface area contributed by atoms with Crippen molar-refractivity contribution in [1.82, 2.24) is 9.55 Å². The quantitative estimate of drug-likeness (QED) is 0.179. The van der Waals surface area contributed by atoms with Crippen LogP contribution in [0.2, 0.25) is 0 Å². The molecule has 0 saturated carbocycles. The molecule has 1 aromatic heterocycles. The Hall–Kier alpha value is -1.54. The Morgan fingerprint density at radius 2 is 1.88 bits per heavy atom. The summed E-state index contributed by atoms with van der Waals surface area (Å²) in [5, 5.41) is 30.7. The number of phosphoric ester groups is 1. The number of ether oxygens (including phenoxy) is 1. The number of aliphatic hydroxyl groups is 2. The van der Waals surface area contributed by atoms with Crippen LogP contribution in [0.1, 0.15) is 6.92 Å². The Bertz CT molecular complexity index is 1130. The van der Waals surface area contributed by atoms with E-state index in [1.807, 2.05) is 0 Å². The highest BCUT2D eigenvalue weighted by Gasteiger charge is 2.65. The second kappa shape index (κ2) is 8.67. The Morgan fingerprint density at radius 3 is 2.38 bits per heavy atom. The summed E-state index contributed by atoms with van der Waals surface area (Å²) in [7, 11) is -17.0. The van der Waals surface area contributed by atoms with E-state index in [9.17, 15) is 38.9 Å². The number of aromatic nitrogens is 2. The number of hydrogen-bond donors (Lipinski definition) is 7. The molecule has 1 saturated heterocycles. The monoisotopic (exact) mass is 522 g/mol. The van der Waals surface area contributed by atoms with E-state index in [0.717, 1.165) is 19.2 Å². The molecule has 32 heavy (non-hydrogen) atoms. The number of aliphatic hydroxyl groups excluding tert-OH is 1. The first-order valence-electron chi connectivity index (χ1n) is 7.99. The van der Waals surface area contributed by atoms with Gasteiger partial charge in [-0.25, -0.2) is 18.5 Å². The standard InChI is InChI=1S/C11H17N4O14P3/c1-10(18)8(16)6(4-26-31(22,23)29-32(24,25)28-30(19,20)21)27-11(10,5-12)15-3-2-7(13)14-9(15)17/h2-3,6,8,16,18H,4H2,1H3,(H,22,23)(H,24,25)(H2,13,14,17)(H2,19,20,21)/t6-,8-,10-,11-/m0/s1. The van der Waals surface area contributed by atoms with Crippen LogP contribution in [-0.2, 0) is 37.3 Å². The van der Waals surface area contributed by atoms with Gasteiger partial charge in [0.05, 0.1) is 6.61 Å². The number of rotatable bonds is 8. The van der Waals surface area contributed by atoms with Crippen LogP contribution in [-0.4, -0.2) is 63.8 Å². The number of nitrogens with two attached hydrogens (primary N) is 1. The highest BCUT2D eigenvalue weighted by molar-refractivity contribution is 7.66. The van der Waals surface area contributed by atoms with Crippen molar-refractivity contribution < 1.29 is 61.4 Å². The molecule has 1 aromatic rings. The zero-order chi connectivity index (χ0) is 24.8. The molecule has 8 N–H and O–H groups in total. The summed E-state index contributed by atoms with van der Waals surface area (Å²) in [6.07, 6.45) is -2.95. The second-order valence-electron chi connectivity index (χ2n) is 6.40. The van der Waals surface area contributed by atoms with Gasteiger partial charge in [0.15, 0.2) is 5.60 Å². The first kappa shape index (κ1) is 26.7. The van der Waals surface area contributed by atoms with Gasteiger partial charge < -0.3 is 40.3 Å². The highest BCUT2D eigenvalue weighted by Crippen LogP contribution is 2.66. The van der Waals surface area contributed by atoms with Crippen molar-refractivity contribution >= 4 is 29.3 Å². The summed E-state index contributed by atoms with van der Waals surface area (Å²) in [6, 6.07) is 2.58. The maximum absolute atomic E-state index is 12.2. The molecule has 180 valence electrons. The molecule has 0 aliphatic carbocycles. The SMILES string of the molecule is C[C@]1(O)[C@@H](O)[C@H](COP(=O)(O)OP(=O)(O)OP(=O)(O)O)O[C@]1(C#N)n1ccc(N)nc1=O. The van der Waals surface area contributed by atoms with Gasteiger partial charge in [-0.05, 0) is 13.0 Å². The van der Waals surface area contributed by atoms with Crippen molar-refractivity contribution in [3.05, 3.63) is 22.7 Å². The molecule has 1 aliphatic rings. The minimum atomic E-state index is -5.80. The van der Waals surface area contributed by atoms with Gasteiger partial charge in [0.25, 0.3) is 5.72 Å². The van der Waals surface area contributed by atoms with Crippen LogP contribution in [0.5, 0.6) is 0 Å². The molecule has 0 spiro atoms. The fraction of sp³-hybridized carbons (Fsp3) is 0.545. The predicted molar refractivity (Wildman–Crippen MR) is 97.8 cm³/mol. The zero-order valence-corrected chi connectivity index (χ0v) is 18.4. The van der Waals surface area contributed by atoms with E-state index in [1.54, 1.807) is 0 Å². The predicted octanol–water partition coefficient (Wildman–Crippen LogP) is -2.14. The molecule has 0 bridgehead atoms. The van der Waals surface area contributed by atoms with Gasteiger partial charge in [0, 0.05) is 6.20 Å². The van der Waals surface area contributed by atoms with Crippen LogP contribution in [0.4, 0.5) is 5.82 Å². The van der Waals surface area contributed by atoms with Gasteiger partial charge in [0.1, 0.15) is 24.1 Å². The fourth-order valence-electron chi connectivity index (χ4n) is 2.71. The summed E-state index contributed by atoms with van der Waals surface area (Å²) in [5.41, 5.74) is -0.976. The minimum Gasteiger partial charge on any atom is -0.387 e. The number of phosphoric acid groups is 3. The molecule has 2 rings (SSSR count). The van der Waals surface area contributed by atoms with Gasteiger partial charge in [-0.3, -0.25) is 9.09 Å². The molecule has 0 aromatic carbocycles. The number of nitriles is 1. The molecule has 0 amide bonds. The Kier molecular flexibility index (Phi) is 7.24. The van der Waals surface area contributed by atoms with Crippen molar-refractivity contribution in [2.24, 2.45) is 0 Å². The number of nitrogen functional groups attached to an aromatic ring is 1. The van der Waals surface area contributed by atoms with Crippen LogP contribution >= 0.6 is 23.5 Å². The summed E-state index contributed by atoms with van der Waals surface area (Å²) in [5.74, 6) is -0.235. The van der Waals surface area contributed by atoms with E-state index in [4.69, 9.17) is 25.2 Å². The molecule has 21 heteroatoms. The van der Waals surface area contributed by atoms with Crippen molar-refractivity contribution in [3.63, 3.8) is 0 Å². The lowest BCUT2D eigenvalue weighted by Crippen LogP contribution is -2.57. The molecule has 2 heterocycles. The van der Waals surface area contributed by atoms with E-state index in [2.05, 4.69) is 18.1 Å². The smallest absolute Gasteiger partial charge is 0.387 e. The first-order chi connectivity index (χ1) is 14.4. The van der Waals surface area contributed by atoms with E-state index in [0.29, 0.717) is 4.57 Å². The first-order valence-corrected chi connectivity index (χ1v) is 12.5. The van der Waals surface area contributed by atoms with Gasteiger partial charge in [-0.1, -0.05) is 0 Å². The van der Waals surface area contributed by atoms with E-state index >= 15 is 0 Å². The minimum absolute atomic E-state index is 0.235. The summed E-state index contributed by atoms with van der Waals surface area (Å²) >= 11 is 0. The van der Waals surface area contributed by atoms with Crippen LogP contribution in [0, 0.1) is 11.3 Å². The summed E-state index contributed by atoms with van der Waals surface area (Å²) in [4.78, 5) is 51.1. The number of nitrogens with zero attached hydrogens (tertiary/aromatic N) is 3. The van der Waals surface area contributed by atoms with Gasteiger partial charge in [-0.2, -0.15) is 18.9 Å². The van der Waals surface area contributed by atoms with Crippen molar-refractivity contribution in [2.75, 3.05) is 12.3 Å². The number of hydrogen-bond acceptors (Lipinski definition) is 13. The topological polar surface area (TPSA) is 294 Å². The molecular weight excluding hydrogens is 505 g/mol. The molecule has 18 nitrogen and oxygen atoms in total. The lowest BCUT2D eigenvalue weighted by molar-refractivity contribution is -0.151. The van der Waals surface area contributed by atoms with E-state index in [1.165, 1.54) is 6.07 Å². The largest absolute Gasteiger partial charge is 0.490 e. The third-order valence-corrected chi connectivity index (χ3v) is 7.87. The third-order valence-electron chi connectivity index (χ3n) is 4.07. The van der Waals surface area contributed by atoms with Crippen LogP contribution < -0.4 is 11.4 Å². The van der Waals surface area contributed by atoms with Crippen molar-refractivity contribution in [2.45, 2.75) is 30.5 Å². The van der Waals surface area contributed by atoms with Crippen molar-refractivity contribution in [1.29, 1.82) is 5.26 Å². The van der Waals surface area contributed by atoms with Crippen LogP contribution in [0.3, 0.4) is 0 Å². The zero-order valence-electron chi connectivity index (χ0n) is 15.7. The summed E-state index contributed by atoms with van der Waals surface area (Å²) in [6.45, 7) is -0.296. The third kappa shape index (κ3) is 5.50. The van der Waals surface area contributed by atoms with Crippen LogP contribution in [0.15, 0.2) is 17.1 Å². The van der Waals surface area contributed by atoms with E-state index < -0.39 is 59.3 Å². The van der Waals surface area contributed by atoms with Crippen LogP contribution in [0.25, 0.3) is 0 Å². The lowest BCUT2D eigenvalue weighted by atomic mass is 9.88. The molecular formula is C11H17N4O14P3. The highest BCUT2D eigenvalue weighted by atomic mass is 31.3. The molecule has 2 unspecified atom stereocenters. The van der Waals surface area contributed by atoms with Gasteiger partial charge >= 0.3 is 29.2 Å². The Morgan fingerprint density at radius 1 is 1.28 bits per heavy atom. The van der Waals surface area contributed by atoms with Gasteiger partial charge in [0.2, 0.25) is 0 Å². The Balaban J connectivity index is 2.27. The number of anilines is 1. The molecule has 1 fully saturated rings. The molecule has 1 aliphatic heterocycles. The Labute approximate surface area is 177 Å². The lowest BCUT2D eigenvalue weighted by Gasteiger charge is -2.34. The average Bonchev–Trinajstić information content (AvgIpc) is 2.77. The second-order valence-corrected chi connectivity index (χ2v) is 10.8. The molecule has 0 radical (unpaired) electrons. The average molecular weight is 522 g/mol.